The first-order valence-electron chi connectivity index (χ1n) is 26.5. The lowest BCUT2D eigenvalue weighted by Gasteiger charge is -2.28. The topological polar surface area (TPSA) is 182 Å². The quantitative estimate of drug-likeness (QED) is 0.0275. The molecular weight excluding hydrogens is 1020 g/mol. The molecule has 4 N–H and O–H groups in total. The van der Waals surface area contributed by atoms with Crippen LogP contribution < -0.4 is 44.4 Å². The Balaban J connectivity index is 0.667. The second kappa shape index (κ2) is 32.7. The van der Waals surface area contributed by atoms with E-state index < -0.39 is 6.10 Å². The van der Waals surface area contributed by atoms with Gasteiger partial charge in [-0.15, -0.1) is 0 Å². The number of ether oxygens (including phenoxy) is 10. The predicted molar refractivity (Wildman–Crippen MR) is 296 cm³/mol. The summed E-state index contributed by atoms with van der Waals surface area (Å²) in [5.74, 6) is 2.19. The number of carbonyl (C=O) groups is 1. The summed E-state index contributed by atoms with van der Waals surface area (Å²) in [7, 11) is 5.68. The third kappa shape index (κ3) is 20.9. The van der Waals surface area contributed by atoms with E-state index in [0.717, 1.165) is 41.0 Å². The smallest absolute Gasteiger partial charge is 0.238 e. The highest BCUT2D eigenvalue weighted by Crippen LogP contribution is 2.42. The van der Waals surface area contributed by atoms with Gasteiger partial charge in [0, 0.05) is 50.0 Å². The van der Waals surface area contributed by atoms with Gasteiger partial charge in [0.05, 0.1) is 65.6 Å². The number of nitrogens with one attached hydrogen (secondary N) is 3. The van der Waals surface area contributed by atoms with Crippen LogP contribution in [0.2, 0.25) is 0 Å². The molecule has 1 aliphatic rings. The van der Waals surface area contributed by atoms with Crippen LogP contribution in [0.15, 0.2) is 121 Å². The molecule has 0 aliphatic carbocycles. The molecule has 5 aromatic carbocycles. The maximum Gasteiger partial charge on any atom is 0.238 e. The van der Waals surface area contributed by atoms with Crippen LogP contribution in [0, 0.1) is 11.6 Å². The Labute approximate surface area is 461 Å². The Kier molecular flexibility index (Phi) is 24.7. The summed E-state index contributed by atoms with van der Waals surface area (Å²) in [6, 6.07) is 34.9. The number of hydrogen-bond acceptors (Lipinski definition) is 16. The fourth-order valence-electron chi connectivity index (χ4n) is 8.02. The average molecular weight is 1090 g/mol. The van der Waals surface area contributed by atoms with Crippen molar-refractivity contribution in [3.8, 4) is 45.9 Å². The number of nitrogens with zero attached hydrogens (tertiary/aromatic N) is 2. The summed E-state index contributed by atoms with van der Waals surface area (Å²) in [6.45, 7) is 6.18. The third-order valence-corrected chi connectivity index (χ3v) is 12.1. The van der Waals surface area contributed by atoms with Crippen LogP contribution in [-0.2, 0) is 43.5 Å². The monoisotopic (exact) mass is 1090 g/mol. The number of para-hydroxylation sites is 1. The van der Waals surface area contributed by atoms with Crippen molar-refractivity contribution in [3.05, 3.63) is 150 Å². The SMILES string of the molecule is COc1nc(-c2cccc3c2OC(CNC(=O)CCCCOCCOCCOCCOCCNC[C@@H](O)COc2ccc(OCc4ccc(F)cc4)c(OCc4ccc(F)cc4)c2)CO3)ccc1Nc1ccc(CN(C)C)cc1. The number of anilines is 2. The highest BCUT2D eigenvalue weighted by molar-refractivity contribution is 5.76. The second-order valence-electron chi connectivity index (χ2n) is 18.8. The summed E-state index contributed by atoms with van der Waals surface area (Å²) in [5.41, 5.74) is 5.84. The molecule has 1 aromatic heterocycles. The minimum absolute atomic E-state index is 0.0263. The van der Waals surface area contributed by atoms with E-state index in [2.05, 4.69) is 33.0 Å². The Bertz CT molecular complexity index is 2740. The fourth-order valence-corrected chi connectivity index (χ4v) is 8.02. The number of fused-ring (bicyclic) bond motifs is 1. The number of rotatable bonds is 36. The molecule has 424 valence electrons. The normalized spacial score (nSPS) is 13.2. The number of methoxy groups -OCH3 is 1. The van der Waals surface area contributed by atoms with Gasteiger partial charge in [-0.25, -0.2) is 13.8 Å². The lowest BCUT2D eigenvalue weighted by molar-refractivity contribution is -0.121. The summed E-state index contributed by atoms with van der Waals surface area (Å²) in [4.78, 5) is 19.6. The van der Waals surface area contributed by atoms with Crippen molar-refractivity contribution < 1.29 is 66.1 Å². The molecule has 6 aromatic rings. The highest BCUT2D eigenvalue weighted by atomic mass is 19.1. The van der Waals surface area contributed by atoms with Gasteiger partial charge < -0.3 is 73.3 Å². The van der Waals surface area contributed by atoms with Crippen LogP contribution in [0.25, 0.3) is 11.3 Å². The summed E-state index contributed by atoms with van der Waals surface area (Å²) in [6.07, 6.45) is 0.621. The van der Waals surface area contributed by atoms with Crippen molar-refractivity contribution in [1.29, 1.82) is 0 Å². The first-order chi connectivity index (χ1) is 38.6. The van der Waals surface area contributed by atoms with Crippen molar-refractivity contribution in [1.82, 2.24) is 20.5 Å². The molecule has 79 heavy (non-hydrogen) atoms. The minimum atomic E-state index is -0.792. The molecule has 19 heteroatoms. The molecule has 7 rings (SSSR count). The van der Waals surface area contributed by atoms with E-state index in [1.165, 1.54) is 29.8 Å². The van der Waals surface area contributed by atoms with E-state index in [0.29, 0.717) is 126 Å². The fraction of sp³-hybridized carbons (Fsp3) is 0.400. The van der Waals surface area contributed by atoms with Crippen LogP contribution in [0.3, 0.4) is 0 Å². The zero-order valence-electron chi connectivity index (χ0n) is 45.2. The molecular formula is C60H73F2N5O12. The molecule has 1 aliphatic heterocycles. The summed E-state index contributed by atoms with van der Waals surface area (Å²) in [5, 5.41) is 20.1. The van der Waals surface area contributed by atoms with Gasteiger partial charge in [0.2, 0.25) is 11.8 Å². The van der Waals surface area contributed by atoms with E-state index in [-0.39, 0.29) is 50.0 Å². The van der Waals surface area contributed by atoms with Crippen LogP contribution in [0.5, 0.6) is 34.6 Å². The third-order valence-electron chi connectivity index (χ3n) is 12.1. The number of halogens is 2. The van der Waals surface area contributed by atoms with Gasteiger partial charge in [-0.05, 0) is 116 Å². The van der Waals surface area contributed by atoms with E-state index in [1.54, 1.807) is 49.6 Å². The number of benzene rings is 5. The molecule has 0 saturated carbocycles. The molecule has 0 saturated heterocycles. The Morgan fingerprint density at radius 1 is 0.734 bits per heavy atom. The first kappa shape index (κ1) is 59.6. The van der Waals surface area contributed by atoms with Gasteiger partial charge in [-0.2, -0.15) is 0 Å². The lowest BCUT2D eigenvalue weighted by atomic mass is 10.1. The van der Waals surface area contributed by atoms with E-state index >= 15 is 0 Å². The lowest BCUT2D eigenvalue weighted by Crippen LogP contribution is -2.40. The Morgan fingerprint density at radius 3 is 2.05 bits per heavy atom. The molecule has 0 fully saturated rings. The van der Waals surface area contributed by atoms with Crippen molar-refractivity contribution >= 4 is 17.3 Å². The standard InChI is InChI=1S/C60H73F2N5O12/c1-67(2)38-43-14-20-48(21-15-43)65-54-24-23-53(66-60(54)70-3)52-7-6-8-56-59(52)79-51(42-78-56)37-64-58(69)9-4-5-27-71-29-31-73-33-34-74-32-30-72-28-26-63-36-49(68)41-75-50-22-25-55(76-39-44-10-16-46(61)17-11-44)57(35-50)77-40-45-12-18-47(62)19-13-45/h6-8,10-25,35,49,51,63,65,68H,4-5,9,26-34,36-42H2,1-3H3,(H,64,69)/t49-,51?/m1/s1. The summed E-state index contributed by atoms with van der Waals surface area (Å²) < 4.78 is 85.3. The molecule has 0 spiro atoms. The van der Waals surface area contributed by atoms with Crippen LogP contribution in [0.4, 0.5) is 20.2 Å². The first-order valence-corrected chi connectivity index (χ1v) is 26.5. The maximum atomic E-state index is 13.4. The number of hydrogen-bond donors (Lipinski definition) is 4. The number of aliphatic hydroxyl groups excluding tert-OH is 1. The largest absolute Gasteiger partial charge is 0.491 e. The van der Waals surface area contributed by atoms with Gasteiger partial charge in [-0.3, -0.25) is 4.79 Å². The zero-order chi connectivity index (χ0) is 55.4. The zero-order valence-corrected chi connectivity index (χ0v) is 45.2. The maximum absolute atomic E-state index is 13.4. The van der Waals surface area contributed by atoms with Crippen LogP contribution >= 0.6 is 0 Å². The van der Waals surface area contributed by atoms with Gasteiger partial charge in [0.15, 0.2) is 23.0 Å². The van der Waals surface area contributed by atoms with Crippen molar-refractivity contribution in [2.45, 2.75) is 51.2 Å². The number of unbranched alkanes of at least 4 members (excludes halogenated alkanes) is 1. The molecule has 1 amide bonds. The van der Waals surface area contributed by atoms with Crippen LogP contribution in [-0.4, -0.2) is 140 Å². The Morgan fingerprint density at radius 2 is 1.38 bits per heavy atom. The van der Waals surface area contributed by atoms with Gasteiger partial charge in [0.1, 0.15) is 61.7 Å². The molecule has 2 atom stereocenters. The average Bonchev–Trinajstić information content (AvgIpc) is 3.50. The Hall–Kier alpha value is -7.10. The molecule has 17 nitrogen and oxygen atoms in total. The highest BCUT2D eigenvalue weighted by Gasteiger charge is 2.26. The number of amides is 1. The number of pyridine rings is 1. The predicted octanol–water partition coefficient (Wildman–Crippen LogP) is 8.52. The van der Waals surface area contributed by atoms with Crippen molar-refractivity contribution in [3.63, 3.8) is 0 Å². The number of aromatic nitrogens is 1. The number of aliphatic hydroxyl groups is 1. The molecule has 1 unspecified atom stereocenters. The molecule has 0 bridgehead atoms. The minimum Gasteiger partial charge on any atom is -0.491 e. The van der Waals surface area contributed by atoms with Crippen molar-refractivity contribution in [2.75, 3.05) is 112 Å². The molecule has 0 radical (unpaired) electrons. The molecule has 2 heterocycles. The van der Waals surface area contributed by atoms with Crippen LogP contribution in [0.1, 0.15) is 36.0 Å². The number of carbonyl (C=O) groups excluding carboxylic acids is 1. The summed E-state index contributed by atoms with van der Waals surface area (Å²) >= 11 is 0. The second-order valence-corrected chi connectivity index (χ2v) is 18.8. The van der Waals surface area contributed by atoms with Gasteiger partial charge in [0.25, 0.3) is 0 Å². The van der Waals surface area contributed by atoms with E-state index in [1.807, 2.05) is 56.6 Å². The van der Waals surface area contributed by atoms with Crippen molar-refractivity contribution in [2.24, 2.45) is 0 Å². The van der Waals surface area contributed by atoms with E-state index in [4.69, 9.17) is 52.4 Å². The van der Waals surface area contributed by atoms with Gasteiger partial charge >= 0.3 is 0 Å². The van der Waals surface area contributed by atoms with Gasteiger partial charge in [-0.1, -0.05) is 42.5 Å². The van der Waals surface area contributed by atoms with E-state index in [9.17, 15) is 18.7 Å².